The number of hydrogen-bond donors (Lipinski definition) is 2. The molecule has 1 fully saturated rings. The van der Waals surface area contributed by atoms with E-state index >= 15 is 0 Å². The number of aromatic amines is 1. The minimum Gasteiger partial charge on any atom is -0.311 e. The molecule has 1 aromatic rings. The number of hydrogen-bond acceptors (Lipinski definition) is 3. The van der Waals surface area contributed by atoms with Crippen LogP contribution in [0.25, 0.3) is 0 Å². The molecular formula is C16H25N3O. The molecule has 2 heterocycles. The third-order valence-electron chi connectivity index (χ3n) is 4.89. The molecule has 3 rings (SSSR count). The van der Waals surface area contributed by atoms with Gasteiger partial charge in [-0.2, -0.15) is 0 Å². The van der Waals surface area contributed by atoms with Crippen molar-refractivity contribution in [1.29, 1.82) is 0 Å². The molecule has 0 saturated heterocycles. The van der Waals surface area contributed by atoms with Crippen molar-refractivity contribution in [3.05, 3.63) is 27.4 Å². The number of H-pyrrole nitrogens is 1. The zero-order valence-corrected chi connectivity index (χ0v) is 12.4. The van der Waals surface area contributed by atoms with Crippen molar-refractivity contribution in [2.45, 2.75) is 64.3 Å². The quantitative estimate of drug-likeness (QED) is 0.891. The van der Waals surface area contributed by atoms with E-state index in [0.29, 0.717) is 5.92 Å². The van der Waals surface area contributed by atoms with Crippen LogP contribution in [0.2, 0.25) is 0 Å². The predicted molar refractivity (Wildman–Crippen MR) is 79.9 cm³/mol. The molecule has 0 aromatic carbocycles. The van der Waals surface area contributed by atoms with Gasteiger partial charge in [-0.3, -0.25) is 4.79 Å². The van der Waals surface area contributed by atoms with Crippen molar-refractivity contribution < 1.29 is 0 Å². The SMILES string of the molecule is CCCC1CCC(c2nc3c(c(=O)[nH]2)CCNC3)CC1. The number of nitrogens with zero attached hydrogens (tertiary/aromatic N) is 1. The maximum Gasteiger partial charge on any atom is 0.254 e. The van der Waals surface area contributed by atoms with E-state index in [0.717, 1.165) is 42.5 Å². The summed E-state index contributed by atoms with van der Waals surface area (Å²) >= 11 is 0. The second-order valence-corrected chi connectivity index (χ2v) is 6.31. The molecule has 110 valence electrons. The summed E-state index contributed by atoms with van der Waals surface area (Å²) in [4.78, 5) is 20.0. The minimum atomic E-state index is 0.0992. The first kappa shape index (κ1) is 13.8. The highest BCUT2D eigenvalue weighted by Gasteiger charge is 2.25. The standard InChI is InChI=1S/C16H25N3O/c1-2-3-11-4-6-12(7-5-11)15-18-14-10-17-9-8-13(14)16(20)19-15/h11-12,17H,2-10H2,1H3,(H,18,19,20). The van der Waals surface area contributed by atoms with Gasteiger partial charge >= 0.3 is 0 Å². The summed E-state index contributed by atoms with van der Waals surface area (Å²) in [6.45, 7) is 3.90. The zero-order chi connectivity index (χ0) is 13.9. The molecule has 1 aromatic heterocycles. The normalized spacial score (nSPS) is 26.2. The van der Waals surface area contributed by atoms with Crippen LogP contribution in [0.1, 0.15) is 68.4 Å². The van der Waals surface area contributed by atoms with Crippen molar-refractivity contribution in [3.63, 3.8) is 0 Å². The maximum atomic E-state index is 12.2. The third kappa shape index (κ3) is 2.80. The molecule has 0 spiro atoms. The summed E-state index contributed by atoms with van der Waals surface area (Å²) in [5.74, 6) is 2.29. The molecule has 4 nitrogen and oxygen atoms in total. The topological polar surface area (TPSA) is 57.8 Å². The maximum absolute atomic E-state index is 12.2. The number of nitrogens with one attached hydrogen (secondary N) is 2. The summed E-state index contributed by atoms with van der Waals surface area (Å²) in [6, 6.07) is 0. The Kier molecular flexibility index (Phi) is 4.20. The molecule has 0 bridgehead atoms. The fourth-order valence-electron chi connectivity index (χ4n) is 3.71. The van der Waals surface area contributed by atoms with Crippen molar-refractivity contribution in [1.82, 2.24) is 15.3 Å². The first-order valence-electron chi connectivity index (χ1n) is 8.10. The van der Waals surface area contributed by atoms with Gasteiger partial charge in [0.05, 0.1) is 5.69 Å². The molecule has 20 heavy (non-hydrogen) atoms. The lowest BCUT2D eigenvalue weighted by molar-refractivity contribution is 0.301. The van der Waals surface area contributed by atoms with E-state index in [4.69, 9.17) is 4.98 Å². The van der Waals surface area contributed by atoms with E-state index in [-0.39, 0.29) is 5.56 Å². The van der Waals surface area contributed by atoms with Gasteiger partial charge in [-0.15, -0.1) is 0 Å². The Morgan fingerprint density at radius 1 is 1.25 bits per heavy atom. The molecule has 0 atom stereocenters. The third-order valence-corrected chi connectivity index (χ3v) is 4.89. The highest BCUT2D eigenvalue weighted by molar-refractivity contribution is 5.21. The lowest BCUT2D eigenvalue weighted by atomic mass is 9.79. The van der Waals surface area contributed by atoms with E-state index in [1.54, 1.807) is 0 Å². The molecule has 1 saturated carbocycles. The molecule has 1 aliphatic carbocycles. The van der Waals surface area contributed by atoms with Gasteiger partial charge in [0.15, 0.2) is 0 Å². The minimum absolute atomic E-state index is 0.0992. The van der Waals surface area contributed by atoms with Crippen LogP contribution in [-0.4, -0.2) is 16.5 Å². The Labute approximate surface area is 120 Å². The molecule has 2 aliphatic rings. The molecule has 0 amide bonds. The first-order chi connectivity index (χ1) is 9.78. The zero-order valence-electron chi connectivity index (χ0n) is 12.4. The highest BCUT2D eigenvalue weighted by Crippen LogP contribution is 2.36. The highest BCUT2D eigenvalue weighted by atomic mass is 16.1. The van der Waals surface area contributed by atoms with Crippen molar-refractivity contribution >= 4 is 0 Å². The number of aromatic nitrogens is 2. The van der Waals surface area contributed by atoms with E-state index in [1.165, 1.54) is 38.5 Å². The molecule has 4 heteroatoms. The largest absolute Gasteiger partial charge is 0.311 e. The van der Waals surface area contributed by atoms with Crippen LogP contribution in [0.15, 0.2) is 4.79 Å². The van der Waals surface area contributed by atoms with Crippen molar-refractivity contribution in [2.24, 2.45) is 5.92 Å². The summed E-state index contributed by atoms with van der Waals surface area (Å²) < 4.78 is 0. The monoisotopic (exact) mass is 275 g/mol. The number of fused-ring (bicyclic) bond motifs is 1. The smallest absolute Gasteiger partial charge is 0.254 e. The van der Waals surface area contributed by atoms with E-state index in [1.807, 2.05) is 0 Å². The second kappa shape index (κ2) is 6.08. The summed E-state index contributed by atoms with van der Waals surface area (Å²) in [5, 5.41) is 3.31. The average molecular weight is 275 g/mol. The Morgan fingerprint density at radius 3 is 2.80 bits per heavy atom. The summed E-state index contributed by atoms with van der Waals surface area (Å²) in [6.07, 6.45) is 8.38. The summed E-state index contributed by atoms with van der Waals surface area (Å²) in [7, 11) is 0. The Bertz CT molecular complexity index is 515. The molecule has 1 aliphatic heterocycles. The Hall–Kier alpha value is -1.16. The fourth-order valence-corrected chi connectivity index (χ4v) is 3.71. The van der Waals surface area contributed by atoms with Gasteiger partial charge in [0, 0.05) is 18.0 Å². The van der Waals surface area contributed by atoms with Gasteiger partial charge in [0.25, 0.3) is 5.56 Å². The molecular weight excluding hydrogens is 250 g/mol. The Morgan fingerprint density at radius 2 is 2.05 bits per heavy atom. The summed E-state index contributed by atoms with van der Waals surface area (Å²) in [5.41, 5.74) is 1.97. The van der Waals surface area contributed by atoms with Crippen LogP contribution in [0, 0.1) is 5.92 Å². The van der Waals surface area contributed by atoms with E-state index in [9.17, 15) is 4.79 Å². The van der Waals surface area contributed by atoms with Gasteiger partial charge in [0.1, 0.15) is 5.82 Å². The lowest BCUT2D eigenvalue weighted by Crippen LogP contribution is -2.32. The van der Waals surface area contributed by atoms with Gasteiger partial charge in [-0.1, -0.05) is 19.8 Å². The molecule has 0 radical (unpaired) electrons. The van der Waals surface area contributed by atoms with Crippen molar-refractivity contribution in [2.75, 3.05) is 6.54 Å². The van der Waals surface area contributed by atoms with Crippen molar-refractivity contribution in [3.8, 4) is 0 Å². The van der Waals surface area contributed by atoms with E-state index < -0.39 is 0 Å². The number of rotatable bonds is 3. The van der Waals surface area contributed by atoms with Gasteiger partial charge < -0.3 is 10.3 Å². The lowest BCUT2D eigenvalue weighted by Gasteiger charge is -2.28. The van der Waals surface area contributed by atoms with Crippen LogP contribution < -0.4 is 10.9 Å². The molecule has 2 N–H and O–H groups in total. The predicted octanol–water partition coefficient (Wildman–Crippen LogP) is 2.49. The fraction of sp³-hybridized carbons (Fsp3) is 0.750. The van der Waals surface area contributed by atoms with Gasteiger partial charge in [-0.25, -0.2) is 4.98 Å². The van der Waals surface area contributed by atoms with E-state index in [2.05, 4.69) is 17.2 Å². The van der Waals surface area contributed by atoms with Crippen LogP contribution in [0.3, 0.4) is 0 Å². The van der Waals surface area contributed by atoms with Gasteiger partial charge in [-0.05, 0) is 44.6 Å². The van der Waals surface area contributed by atoms with Gasteiger partial charge in [0.2, 0.25) is 0 Å². The average Bonchev–Trinajstić information content (AvgIpc) is 2.48. The Balaban J connectivity index is 1.75. The van der Waals surface area contributed by atoms with Crippen LogP contribution in [-0.2, 0) is 13.0 Å². The molecule has 0 unspecified atom stereocenters. The van der Waals surface area contributed by atoms with Crippen LogP contribution in [0.5, 0.6) is 0 Å². The first-order valence-corrected chi connectivity index (χ1v) is 8.10. The van der Waals surface area contributed by atoms with Crippen LogP contribution in [0.4, 0.5) is 0 Å². The van der Waals surface area contributed by atoms with Crippen LogP contribution >= 0.6 is 0 Å². The second-order valence-electron chi connectivity index (χ2n) is 6.31.